The van der Waals surface area contributed by atoms with Crippen molar-refractivity contribution in [1.82, 2.24) is 4.57 Å². The van der Waals surface area contributed by atoms with Crippen LogP contribution in [0.3, 0.4) is 0 Å². The zero-order valence-electron chi connectivity index (χ0n) is 20.9. The molecule has 0 unspecified atom stereocenters. The minimum atomic E-state index is -0.351. The van der Waals surface area contributed by atoms with Crippen LogP contribution in [0.2, 0.25) is 5.02 Å². The van der Waals surface area contributed by atoms with Crippen molar-refractivity contribution >= 4 is 40.4 Å². The van der Waals surface area contributed by atoms with Crippen molar-refractivity contribution < 1.29 is 9.66 Å². The molecule has 198 valence electrons. The number of rotatable bonds is 6. The summed E-state index contributed by atoms with van der Waals surface area (Å²) in [5, 5.41) is 13.9. The lowest BCUT2D eigenvalue weighted by Crippen LogP contribution is -2.34. The Kier molecular flexibility index (Phi) is 6.29. The summed E-state index contributed by atoms with van der Waals surface area (Å²) in [5.74, 6) is 1.88. The first kappa shape index (κ1) is 24.9. The van der Waals surface area contributed by atoms with Crippen LogP contribution in [0.4, 0.5) is 5.69 Å². The van der Waals surface area contributed by atoms with Crippen LogP contribution in [0.1, 0.15) is 41.2 Å². The van der Waals surface area contributed by atoms with E-state index in [-0.39, 0.29) is 28.0 Å². The number of nitro groups is 1. The molecule has 0 N–H and O–H groups in total. The van der Waals surface area contributed by atoms with Gasteiger partial charge >= 0.3 is 4.87 Å². The van der Waals surface area contributed by atoms with Crippen molar-refractivity contribution in [2.75, 3.05) is 0 Å². The Balaban J connectivity index is 1.39. The lowest BCUT2D eigenvalue weighted by molar-refractivity contribution is -0.385. The van der Waals surface area contributed by atoms with Gasteiger partial charge in [-0.3, -0.25) is 19.5 Å². The van der Waals surface area contributed by atoms with E-state index in [9.17, 15) is 14.9 Å². The molecule has 3 aromatic carbocycles. The molecule has 39 heavy (non-hydrogen) atoms. The molecule has 2 aliphatic carbocycles. The summed E-state index contributed by atoms with van der Waals surface area (Å²) in [4.78, 5) is 26.0. The maximum Gasteiger partial charge on any atom is 0.312 e. The van der Waals surface area contributed by atoms with Crippen molar-refractivity contribution in [3.63, 3.8) is 0 Å². The van der Waals surface area contributed by atoms with Crippen molar-refractivity contribution in [1.29, 1.82) is 0 Å². The fourth-order valence-corrected chi connectivity index (χ4v) is 10.2. The number of thiazole rings is 1. The van der Waals surface area contributed by atoms with Crippen LogP contribution in [0, 0.1) is 27.9 Å². The van der Waals surface area contributed by atoms with Gasteiger partial charge < -0.3 is 4.74 Å². The summed E-state index contributed by atoms with van der Waals surface area (Å²) < 4.78 is 8.20. The van der Waals surface area contributed by atoms with Crippen LogP contribution >= 0.6 is 34.7 Å². The van der Waals surface area contributed by atoms with E-state index in [1.54, 1.807) is 12.1 Å². The first-order chi connectivity index (χ1) is 19.0. The lowest BCUT2D eigenvalue weighted by atomic mass is 9.74. The average Bonchev–Trinajstić information content (AvgIpc) is 3.65. The highest BCUT2D eigenvalue weighted by molar-refractivity contribution is 8.00. The van der Waals surface area contributed by atoms with Crippen molar-refractivity contribution in [2.24, 2.45) is 17.8 Å². The summed E-state index contributed by atoms with van der Waals surface area (Å²) in [6.07, 6.45) is 3.54. The number of nitrogens with zero attached hydrogens (tertiary/aromatic N) is 2. The summed E-state index contributed by atoms with van der Waals surface area (Å²) in [6.45, 7) is 0.250. The molecule has 7 rings (SSSR count). The zero-order valence-corrected chi connectivity index (χ0v) is 23.3. The quantitative estimate of drug-likeness (QED) is 0.174. The fourth-order valence-electron chi connectivity index (χ4n) is 6.85. The van der Waals surface area contributed by atoms with Gasteiger partial charge in [-0.15, -0.1) is 11.8 Å². The van der Waals surface area contributed by atoms with E-state index in [4.69, 9.17) is 16.3 Å². The molecule has 3 aliphatic rings. The van der Waals surface area contributed by atoms with Crippen molar-refractivity contribution in [3.8, 4) is 11.4 Å². The second kappa shape index (κ2) is 9.84. The number of nitro benzene ring substituents is 1. The van der Waals surface area contributed by atoms with Crippen LogP contribution in [0.25, 0.3) is 5.69 Å². The zero-order chi connectivity index (χ0) is 26.7. The Labute approximate surface area is 238 Å². The maximum absolute atomic E-state index is 13.5. The number of fused-ring (bicyclic) bond motifs is 6. The maximum atomic E-state index is 13.5. The Morgan fingerprint density at radius 3 is 2.59 bits per heavy atom. The monoisotopic (exact) mass is 576 g/mol. The SMILES string of the molecule is O=c1sc2c(n1-c1ccccc1)S[C@H]1[C@@H]3CC[C@@H](C3)[C@@H]1[C@@H]2c1cc([N+](=O)[O-])ccc1OCc1ccccc1Cl. The van der Waals surface area contributed by atoms with E-state index < -0.39 is 0 Å². The molecule has 9 heteroatoms. The molecule has 0 saturated heterocycles. The summed E-state index contributed by atoms with van der Waals surface area (Å²) in [5.41, 5.74) is 2.52. The van der Waals surface area contributed by atoms with Crippen molar-refractivity contribution in [2.45, 2.75) is 42.1 Å². The number of para-hydroxylation sites is 1. The topological polar surface area (TPSA) is 74.4 Å². The van der Waals surface area contributed by atoms with Crippen LogP contribution in [0.5, 0.6) is 5.75 Å². The fraction of sp³-hybridized carbons (Fsp3) is 0.300. The second-order valence-corrected chi connectivity index (χ2v) is 13.1. The molecular weight excluding hydrogens is 552 g/mol. The molecule has 2 saturated carbocycles. The van der Waals surface area contributed by atoms with E-state index in [0.717, 1.165) is 33.1 Å². The van der Waals surface area contributed by atoms with Crippen molar-refractivity contribution in [3.05, 3.63) is 114 Å². The van der Waals surface area contributed by atoms with Gasteiger partial charge in [0.15, 0.2) is 0 Å². The van der Waals surface area contributed by atoms with Gasteiger partial charge in [0.1, 0.15) is 12.4 Å². The largest absolute Gasteiger partial charge is 0.489 e. The van der Waals surface area contributed by atoms with Crippen LogP contribution in [-0.4, -0.2) is 14.7 Å². The number of hydrogen-bond acceptors (Lipinski definition) is 6. The molecule has 4 aromatic rings. The molecule has 0 radical (unpaired) electrons. The smallest absolute Gasteiger partial charge is 0.312 e. The molecule has 2 bridgehead atoms. The molecule has 1 aromatic heterocycles. The number of non-ortho nitro benzene ring substituents is 1. The van der Waals surface area contributed by atoms with E-state index in [0.29, 0.717) is 33.8 Å². The third kappa shape index (κ3) is 4.20. The van der Waals surface area contributed by atoms with Gasteiger partial charge in [0.05, 0.1) is 15.6 Å². The highest BCUT2D eigenvalue weighted by atomic mass is 35.5. The number of ether oxygens (including phenoxy) is 1. The Morgan fingerprint density at radius 2 is 1.79 bits per heavy atom. The predicted molar refractivity (Wildman–Crippen MR) is 155 cm³/mol. The van der Waals surface area contributed by atoms with Gasteiger partial charge in [-0.2, -0.15) is 0 Å². The number of aromatic nitrogens is 1. The predicted octanol–water partition coefficient (Wildman–Crippen LogP) is 7.69. The molecule has 0 spiro atoms. The number of halogens is 1. The molecule has 2 fully saturated rings. The third-order valence-electron chi connectivity index (χ3n) is 8.51. The third-order valence-corrected chi connectivity index (χ3v) is 11.6. The van der Waals surface area contributed by atoms with E-state index >= 15 is 0 Å². The van der Waals surface area contributed by atoms with Gasteiger partial charge in [-0.25, -0.2) is 0 Å². The summed E-state index contributed by atoms with van der Waals surface area (Å²) >= 11 is 9.51. The molecule has 2 heterocycles. The average molecular weight is 577 g/mol. The molecule has 0 amide bonds. The van der Waals surface area contributed by atoms with Crippen LogP contribution in [0.15, 0.2) is 82.6 Å². The summed E-state index contributed by atoms with van der Waals surface area (Å²) in [7, 11) is 0. The Morgan fingerprint density at radius 1 is 1.03 bits per heavy atom. The van der Waals surface area contributed by atoms with E-state index in [2.05, 4.69) is 0 Å². The van der Waals surface area contributed by atoms with E-state index in [1.165, 1.54) is 30.2 Å². The Bertz CT molecular complexity index is 1640. The van der Waals surface area contributed by atoms with Crippen LogP contribution < -0.4 is 9.61 Å². The molecule has 1 aliphatic heterocycles. The van der Waals surface area contributed by atoms with Gasteiger partial charge in [-0.05, 0) is 61.3 Å². The second-order valence-electron chi connectivity index (χ2n) is 10.5. The van der Waals surface area contributed by atoms with Crippen LogP contribution in [-0.2, 0) is 6.61 Å². The molecular formula is C30H25ClN2O4S2. The van der Waals surface area contributed by atoms with Gasteiger partial charge in [0.2, 0.25) is 0 Å². The number of thioether (sulfide) groups is 1. The lowest BCUT2D eigenvalue weighted by Gasteiger charge is -2.40. The molecule has 5 atom stereocenters. The van der Waals surface area contributed by atoms with E-state index in [1.807, 2.05) is 70.9 Å². The normalized spacial score (nSPS) is 24.8. The van der Waals surface area contributed by atoms with Gasteiger partial charge in [0.25, 0.3) is 5.69 Å². The molecule has 6 nitrogen and oxygen atoms in total. The minimum absolute atomic E-state index is 0.0278. The number of hydrogen-bond donors (Lipinski definition) is 0. The highest BCUT2D eigenvalue weighted by Gasteiger charge is 2.56. The van der Waals surface area contributed by atoms with Gasteiger partial charge in [-0.1, -0.05) is 59.3 Å². The summed E-state index contributed by atoms with van der Waals surface area (Å²) in [6, 6.07) is 22.2. The standard InChI is InChI=1S/C30H25ClN2O4S2/c31-23-9-5-4-6-19(23)16-37-24-13-12-21(33(35)36)15-22(24)26-25-17-10-11-18(14-17)27(25)38-29-28(26)39-30(34)32(29)20-7-2-1-3-8-20/h1-9,12-13,15,17-18,25-27H,10-11,14,16H2/t17-,18+,25+,26-,27-/m0/s1. The minimum Gasteiger partial charge on any atom is -0.489 e. The first-order valence-electron chi connectivity index (χ1n) is 13.1. The Hall–Kier alpha value is -3.07. The number of benzene rings is 3. The highest BCUT2D eigenvalue weighted by Crippen LogP contribution is 2.65. The van der Waals surface area contributed by atoms with Gasteiger partial charge in [0, 0.05) is 44.3 Å². The first-order valence-corrected chi connectivity index (χ1v) is 15.2.